The molecule has 2 aromatic heterocycles. The van der Waals surface area contributed by atoms with Crippen LogP contribution < -0.4 is 4.74 Å². The zero-order valence-corrected chi connectivity index (χ0v) is 30.5. The third kappa shape index (κ3) is 9.14. The van der Waals surface area contributed by atoms with Crippen molar-refractivity contribution >= 4 is 31.2 Å². The van der Waals surface area contributed by atoms with Crippen LogP contribution in [0.15, 0.2) is 48.9 Å². The number of rotatable bonds is 14. The van der Waals surface area contributed by atoms with Gasteiger partial charge in [0.2, 0.25) is 0 Å². The van der Waals surface area contributed by atoms with E-state index in [1.165, 1.54) is 0 Å². The summed E-state index contributed by atoms with van der Waals surface area (Å²) >= 11 is 0. The Morgan fingerprint density at radius 2 is 1.77 bits per heavy atom. The van der Waals surface area contributed by atoms with E-state index in [2.05, 4.69) is 37.7 Å². The standard InChI is InChI=1S/C36H54N4O6Si/c1-9-47(10-2,11-3)46-33(29-14-13-18-37-24-29)26(4)40(35(42)45-36(6,7)8)19-17-28-25-38-32-30(28)15-12-16-31(32)44-27(5)34(41)39-20-22-43-23-21-39/h12-16,18,24-27,33,38H,9-11,17,19-23H2,1-8H3/t26-,27-,33+/m1/s1. The van der Waals surface area contributed by atoms with Gasteiger partial charge in [-0.05, 0) is 82.4 Å². The van der Waals surface area contributed by atoms with Crippen LogP contribution in [0.5, 0.6) is 5.75 Å². The summed E-state index contributed by atoms with van der Waals surface area (Å²) in [4.78, 5) is 38.3. The molecular formula is C36H54N4O6Si. The Hall–Kier alpha value is -3.41. The Kier molecular flexibility index (Phi) is 12.5. The van der Waals surface area contributed by atoms with Gasteiger partial charge < -0.3 is 33.4 Å². The number of hydrogen-bond donors (Lipinski definition) is 1. The maximum atomic E-state index is 13.9. The molecule has 0 aliphatic carbocycles. The van der Waals surface area contributed by atoms with Crippen molar-refractivity contribution in [2.24, 2.45) is 0 Å². The first-order valence-electron chi connectivity index (χ1n) is 17.1. The highest BCUT2D eigenvalue weighted by molar-refractivity contribution is 6.73. The average molecular weight is 667 g/mol. The Morgan fingerprint density at radius 3 is 2.38 bits per heavy atom. The zero-order valence-electron chi connectivity index (χ0n) is 29.5. The van der Waals surface area contributed by atoms with Gasteiger partial charge in [0.15, 0.2) is 14.4 Å². The normalized spacial score (nSPS) is 16.0. The molecule has 3 aromatic rings. The van der Waals surface area contributed by atoms with E-state index >= 15 is 0 Å². The number of ether oxygens (including phenoxy) is 3. The first-order valence-corrected chi connectivity index (χ1v) is 19.6. The number of H-pyrrole nitrogens is 1. The third-order valence-electron chi connectivity index (χ3n) is 9.24. The minimum Gasteiger partial charge on any atom is -0.479 e. The Labute approximate surface area is 281 Å². The molecule has 4 rings (SSSR count). The molecule has 1 aliphatic heterocycles. The molecule has 1 N–H and O–H groups in total. The topological polar surface area (TPSA) is 106 Å². The molecule has 0 spiro atoms. The van der Waals surface area contributed by atoms with Crippen LogP contribution in [0.2, 0.25) is 18.1 Å². The summed E-state index contributed by atoms with van der Waals surface area (Å²) in [6.07, 6.45) is 4.78. The minimum absolute atomic E-state index is 0.0502. The van der Waals surface area contributed by atoms with Gasteiger partial charge in [0.1, 0.15) is 11.4 Å². The molecule has 3 atom stereocenters. The molecule has 1 fully saturated rings. The number of pyridine rings is 1. The molecule has 0 bridgehead atoms. The molecule has 47 heavy (non-hydrogen) atoms. The van der Waals surface area contributed by atoms with Gasteiger partial charge in [-0.1, -0.05) is 39.0 Å². The number of nitrogens with zero attached hydrogens (tertiary/aromatic N) is 3. The van der Waals surface area contributed by atoms with Crippen LogP contribution in [0.3, 0.4) is 0 Å². The van der Waals surface area contributed by atoms with Crippen LogP contribution in [0.1, 0.15) is 72.6 Å². The van der Waals surface area contributed by atoms with Crippen molar-refractivity contribution in [1.82, 2.24) is 19.8 Å². The lowest BCUT2D eigenvalue weighted by atomic mass is 10.0. The zero-order chi connectivity index (χ0) is 34.2. The number of fused-ring (bicyclic) bond motifs is 1. The summed E-state index contributed by atoms with van der Waals surface area (Å²) in [5.74, 6) is 0.566. The molecule has 1 aromatic carbocycles. The highest BCUT2D eigenvalue weighted by atomic mass is 28.4. The van der Waals surface area contributed by atoms with E-state index in [9.17, 15) is 9.59 Å². The first kappa shape index (κ1) is 36.4. The average Bonchev–Trinajstić information content (AvgIpc) is 3.49. The lowest BCUT2D eigenvalue weighted by Crippen LogP contribution is -2.49. The molecule has 3 heterocycles. The number of hydrogen-bond acceptors (Lipinski definition) is 7. The van der Waals surface area contributed by atoms with Gasteiger partial charge in [0.05, 0.1) is 30.9 Å². The van der Waals surface area contributed by atoms with E-state index in [1.54, 1.807) is 18.0 Å². The van der Waals surface area contributed by atoms with Crippen molar-refractivity contribution in [3.63, 3.8) is 0 Å². The van der Waals surface area contributed by atoms with Crippen molar-refractivity contribution in [3.05, 3.63) is 60.0 Å². The van der Waals surface area contributed by atoms with Gasteiger partial charge in [-0.2, -0.15) is 0 Å². The molecule has 258 valence electrons. The van der Waals surface area contributed by atoms with Crippen molar-refractivity contribution in [1.29, 1.82) is 0 Å². The summed E-state index contributed by atoms with van der Waals surface area (Å²) in [5, 5.41) is 0.986. The molecular weight excluding hydrogens is 613 g/mol. The van der Waals surface area contributed by atoms with Gasteiger partial charge in [-0.25, -0.2) is 4.79 Å². The highest BCUT2D eigenvalue weighted by Gasteiger charge is 2.38. The second kappa shape index (κ2) is 16.1. The number of benzene rings is 1. The van der Waals surface area contributed by atoms with Gasteiger partial charge >= 0.3 is 6.09 Å². The Balaban J connectivity index is 1.60. The third-order valence-corrected chi connectivity index (χ3v) is 13.9. The predicted octanol–water partition coefficient (Wildman–Crippen LogP) is 7.12. The summed E-state index contributed by atoms with van der Waals surface area (Å²) in [6, 6.07) is 12.5. The number of carbonyl (C=O) groups is 2. The molecule has 1 saturated heterocycles. The van der Waals surface area contributed by atoms with E-state index < -0.39 is 20.0 Å². The smallest absolute Gasteiger partial charge is 0.410 e. The molecule has 1 aliphatic rings. The molecule has 11 heteroatoms. The summed E-state index contributed by atoms with van der Waals surface area (Å²) < 4.78 is 24.7. The van der Waals surface area contributed by atoms with Crippen molar-refractivity contribution in [2.75, 3.05) is 32.8 Å². The van der Waals surface area contributed by atoms with E-state index in [1.807, 2.05) is 68.4 Å². The van der Waals surface area contributed by atoms with Crippen LogP contribution in [0.25, 0.3) is 10.9 Å². The summed E-state index contributed by atoms with van der Waals surface area (Å²) in [7, 11) is -2.06. The monoisotopic (exact) mass is 666 g/mol. The quantitative estimate of drug-likeness (QED) is 0.183. The number of amides is 2. The second-order valence-electron chi connectivity index (χ2n) is 13.4. The van der Waals surface area contributed by atoms with Crippen molar-refractivity contribution in [3.8, 4) is 5.75 Å². The van der Waals surface area contributed by atoms with Crippen molar-refractivity contribution in [2.45, 2.75) is 104 Å². The molecule has 10 nitrogen and oxygen atoms in total. The van der Waals surface area contributed by atoms with E-state index in [-0.39, 0.29) is 24.1 Å². The number of nitrogens with one attached hydrogen (secondary N) is 1. The first-order chi connectivity index (χ1) is 22.4. The summed E-state index contributed by atoms with van der Waals surface area (Å²) in [5.41, 5.74) is 2.16. The maximum Gasteiger partial charge on any atom is 0.410 e. The predicted molar refractivity (Wildman–Crippen MR) is 187 cm³/mol. The molecule has 0 radical (unpaired) electrons. The van der Waals surface area contributed by atoms with E-state index in [0.717, 1.165) is 40.2 Å². The van der Waals surface area contributed by atoms with Gasteiger partial charge in [0.25, 0.3) is 5.91 Å². The van der Waals surface area contributed by atoms with E-state index in [4.69, 9.17) is 18.6 Å². The number of morpholine rings is 1. The lowest BCUT2D eigenvalue weighted by Gasteiger charge is -2.40. The fraction of sp³-hybridized carbons (Fsp3) is 0.583. The van der Waals surface area contributed by atoms with E-state index in [0.29, 0.717) is 45.0 Å². The number of para-hydroxylation sites is 1. The molecule has 0 unspecified atom stereocenters. The lowest BCUT2D eigenvalue weighted by molar-refractivity contribution is -0.142. The van der Waals surface area contributed by atoms with Crippen LogP contribution >= 0.6 is 0 Å². The van der Waals surface area contributed by atoms with Crippen LogP contribution in [0, 0.1) is 0 Å². The van der Waals surface area contributed by atoms with Crippen LogP contribution in [-0.2, 0) is 25.1 Å². The maximum absolute atomic E-state index is 13.9. The Morgan fingerprint density at radius 1 is 1.06 bits per heavy atom. The van der Waals surface area contributed by atoms with Gasteiger partial charge in [0, 0.05) is 43.6 Å². The van der Waals surface area contributed by atoms with Crippen molar-refractivity contribution < 1.29 is 28.2 Å². The second-order valence-corrected chi connectivity index (χ2v) is 18.1. The number of aromatic amines is 1. The van der Waals surface area contributed by atoms with Gasteiger partial charge in [-0.3, -0.25) is 9.78 Å². The summed E-state index contributed by atoms with van der Waals surface area (Å²) in [6.45, 7) is 18.8. The molecule has 2 amide bonds. The number of carbonyl (C=O) groups excluding carboxylic acids is 2. The minimum atomic E-state index is -2.06. The molecule has 0 saturated carbocycles. The number of aromatic nitrogens is 2. The largest absolute Gasteiger partial charge is 0.479 e. The fourth-order valence-corrected chi connectivity index (χ4v) is 9.09. The van der Waals surface area contributed by atoms with Gasteiger partial charge in [-0.15, -0.1) is 0 Å². The van der Waals surface area contributed by atoms with Crippen LogP contribution in [-0.4, -0.2) is 90.7 Å². The SMILES string of the molecule is CC[Si](CC)(CC)O[C@H](c1cccnc1)[C@@H](C)N(CCc1c[nH]c2c(O[C@H](C)C(=O)N3CCOCC3)cccc12)C(=O)OC(C)(C)C. The fourth-order valence-electron chi connectivity index (χ4n) is 6.22. The van der Waals surface area contributed by atoms with Crippen LogP contribution in [0.4, 0.5) is 4.79 Å². The Bertz CT molecular complexity index is 1440. The highest BCUT2D eigenvalue weighted by Crippen LogP contribution is 2.35.